The molecule has 4 aromatic carbocycles. The lowest BCUT2D eigenvalue weighted by Crippen LogP contribution is -2.08. The highest BCUT2D eigenvalue weighted by molar-refractivity contribution is 5.85. The van der Waals surface area contributed by atoms with E-state index >= 15 is 0 Å². The Morgan fingerprint density at radius 2 is 1.11 bits per heavy atom. The van der Waals surface area contributed by atoms with E-state index in [1.165, 1.54) is 33.4 Å². The Morgan fingerprint density at radius 1 is 0.481 bits per heavy atom. The van der Waals surface area contributed by atoms with Crippen LogP contribution in [0.5, 0.6) is 0 Å². The monoisotopic (exact) mass is 348 g/mol. The standard InChI is InChI=1S/C25H20N2/c1-2-8-20(9-3-1)26-27-21-15-13-18(14-16-21)22-11-6-12-24-23-10-5-4-7-19(23)17-25(22)24/h1-16,26-27H,17H2. The fraction of sp³-hybridized carbons (Fsp3) is 0.0400. The van der Waals surface area contributed by atoms with E-state index in [0.717, 1.165) is 17.8 Å². The molecule has 5 rings (SSSR count). The van der Waals surface area contributed by atoms with Crippen LogP contribution in [-0.2, 0) is 6.42 Å². The number of benzene rings is 4. The topological polar surface area (TPSA) is 24.1 Å². The molecule has 1 aliphatic rings. The third-order valence-electron chi connectivity index (χ3n) is 5.17. The number of hydrazine groups is 1. The van der Waals surface area contributed by atoms with Gasteiger partial charge in [-0.15, -0.1) is 0 Å². The molecule has 0 unspecified atom stereocenters. The Hall–Kier alpha value is -3.52. The molecule has 0 saturated heterocycles. The summed E-state index contributed by atoms with van der Waals surface area (Å²) in [7, 11) is 0. The molecular weight excluding hydrogens is 328 g/mol. The van der Waals surface area contributed by atoms with Gasteiger partial charge in [-0.1, -0.05) is 72.8 Å². The van der Waals surface area contributed by atoms with Gasteiger partial charge < -0.3 is 10.9 Å². The SMILES string of the molecule is c1ccc(NNc2ccc(-c3cccc4c3Cc3ccccc3-4)cc2)cc1. The van der Waals surface area contributed by atoms with Crippen molar-refractivity contribution in [3.63, 3.8) is 0 Å². The van der Waals surface area contributed by atoms with Crippen LogP contribution in [0.25, 0.3) is 22.3 Å². The second-order valence-corrected chi connectivity index (χ2v) is 6.86. The van der Waals surface area contributed by atoms with Crippen LogP contribution in [0.3, 0.4) is 0 Å². The molecule has 0 saturated carbocycles. The highest BCUT2D eigenvalue weighted by Crippen LogP contribution is 2.41. The summed E-state index contributed by atoms with van der Waals surface area (Å²) >= 11 is 0. The van der Waals surface area contributed by atoms with Crippen LogP contribution in [0.2, 0.25) is 0 Å². The molecule has 0 aliphatic heterocycles. The number of hydrogen-bond acceptors (Lipinski definition) is 2. The number of anilines is 2. The van der Waals surface area contributed by atoms with Crippen molar-refractivity contribution in [1.29, 1.82) is 0 Å². The molecule has 27 heavy (non-hydrogen) atoms. The highest BCUT2D eigenvalue weighted by Gasteiger charge is 2.20. The van der Waals surface area contributed by atoms with E-state index in [1.807, 2.05) is 30.3 Å². The van der Waals surface area contributed by atoms with Crippen molar-refractivity contribution in [3.05, 3.63) is 108 Å². The highest BCUT2D eigenvalue weighted by atomic mass is 15.4. The fourth-order valence-corrected chi connectivity index (χ4v) is 3.83. The largest absolute Gasteiger partial charge is 0.301 e. The van der Waals surface area contributed by atoms with Crippen molar-refractivity contribution in [2.75, 3.05) is 10.9 Å². The third kappa shape index (κ3) is 2.96. The molecule has 0 heterocycles. The van der Waals surface area contributed by atoms with Gasteiger partial charge in [-0.05, 0) is 64.1 Å². The van der Waals surface area contributed by atoms with Crippen LogP contribution >= 0.6 is 0 Å². The lowest BCUT2D eigenvalue weighted by atomic mass is 9.96. The van der Waals surface area contributed by atoms with E-state index in [4.69, 9.17) is 0 Å². The van der Waals surface area contributed by atoms with Gasteiger partial charge in [0.25, 0.3) is 0 Å². The average molecular weight is 348 g/mol. The zero-order chi connectivity index (χ0) is 18.1. The van der Waals surface area contributed by atoms with Crippen LogP contribution in [-0.4, -0.2) is 0 Å². The summed E-state index contributed by atoms with van der Waals surface area (Å²) in [4.78, 5) is 0. The summed E-state index contributed by atoms with van der Waals surface area (Å²) in [6.45, 7) is 0. The second-order valence-electron chi connectivity index (χ2n) is 6.86. The summed E-state index contributed by atoms with van der Waals surface area (Å²) < 4.78 is 0. The number of para-hydroxylation sites is 1. The van der Waals surface area contributed by atoms with Crippen LogP contribution < -0.4 is 10.9 Å². The molecule has 2 heteroatoms. The number of rotatable bonds is 4. The smallest absolute Gasteiger partial charge is 0.0540 e. The molecule has 0 fully saturated rings. The van der Waals surface area contributed by atoms with Crippen LogP contribution in [0, 0.1) is 0 Å². The average Bonchev–Trinajstić information content (AvgIpc) is 3.12. The van der Waals surface area contributed by atoms with Crippen molar-refractivity contribution < 1.29 is 0 Å². The van der Waals surface area contributed by atoms with Crippen LogP contribution in [0.4, 0.5) is 11.4 Å². The molecule has 4 aromatic rings. The minimum Gasteiger partial charge on any atom is -0.301 e. The summed E-state index contributed by atoms with van der Waals surface area (Å²) in [5.41, 5.74) is 16.7. The molecule has 2 nitrogen and oxygen atoms in total. The number of hydrogen-bond donors (Lipinski definition) is 2. The van der Waals surface area contributed by atoms with E-state index in [2.05, 4.69) is 77.6 Å². The first-order chi connectivity index (χ1) is 13.4. The first kappa shape index (κ1) is 15.7. The Balaban J connectivity index is 1.40. The van der Waals surface area contributed by atoms with Gasteiger partial charge in [-0.25, -0.2) is 0 Å². The molecule has 2 N–H and O–H groups in total. The quantitative estimate of drug-likeness (QED) is 0.369. The molecule has 130 valence electrons. The summed E-state index contributed by atoms with van der Waals surface area (Å²) in [5.74, 6) is 0. The first-order valence-corrected chi connectivity index (χ1v) is 9.26. The fourth-order valence-electron chi connectivity index (χ4n) is 3.83. The molecule has 0 radical (unpaired) electrons. The molecule has 0 atom stereocenters. The maximum absolute atomic E-state index is 3.26. The molecule has 0 bridgehead atoms. The lowest BCUT2D eigenvalue weighted by molar-refractivity contribution is 1.26. The number of fused-ring (bicyclic) bond motifs is 3. The van der Waals surface area contributed by atoms with Gasteiger partial charge in [0.1, 0.15) is 0 Å². The Kier molecular flexibility index (Phi) is 3.87. The zero-order valence-corrected chi connectivity index (χ0v) is 14.9. The van der Waals surface area contributed by atoms with Crippen molar-refractivity contribution in [2.45, 2.75) is 6.42 Å². The molecule has 0 aromatic heterocycles. The first-order valence-electron chi connectivity index (χ1n) is 9.26. The van der Waals surface area contributed by atoms with Crippen LogP contribution in [0.15, 0.2) is 97.1 Å². The van der Waals surface area contributed by atoms with E-state index in [-0.39, 0.29) is 0 Å². The number of nitrogens with one attached hydrogen (secondary N) is 2. The van der Waals surface area contributed by atoms with Crippen molar-refractivity contribution in [2.24, 2.45) is 0 Å². The van der Waals surface area contributed by atoms with Gasteiger partial charge in [-0.3, -0.25) is 0 Å². The van der Waals surface area contributed by atoms with Gasteiger partial charge in [0.15, 0.2) is 0 Å². The van der Waals surface area contributed by atoms with E-state index in [1.54, 1.807) is 0 Å². The molecule has 1 aliphatic carbocycles. The molecule has 0 spiro atoms. The lowest BCUT2D eigenvalue weighted by Gasteiger charge is -2.12. The maximum atomic E-state index is 3.26. The predicted octanol–water partition coefficient (Wildman–Crippen LogP) is 6.36. The second kappa shape index (κ2) is 6.65. The summed E-state index contributed by atoms with van der Waals surface area (Å²) in [5, 5.41) is 0. The summed E-state index contributed by atoms with van der Waals surface area (Å²) in [6.07, 6.45) is 1.01. The maximum Gasteiger partial charge on any atom is 0.0540 e. The third-order valence-corrected chi connectivity index (χ3v) is 5.17. The molecular formula is C25H20N2. The Labute approximate surface area is 159 Å². The van der Waals surface area contributed by atoms with E-state index in [0.29, 0.717) is 0 Å². The van der Waals surface area contributed by atoms with Gasteiger partial charge in [0, 0.05) is 0 Å². The van der Waals surface area contributed by atoms with E-state index < -0.39 is 0 Å². The molecule has 0 amide bonds. The summed E-state index contributed by atoms with van der Waals surface area (Å²) in [6, 6.07) is 34.1. The van der Waals surface area contributed by atoms with E-state index in [9.17, 15) is 0 Å². The normalized spacial score (nSPS) is 11.6. The Morgan fingerprint density at radius 3 is 1.93 bits per heavy atom. The van der Waals surface area contributed by atoms with Gasteiger partial charge >= 0.3 is 0 Å². The minimum absolute atomic E-state index is 1.01. The van der Waals surface area contributed by atoms with Crippen molar-refractivity contribution in [3.8, 4) is 22.3 Å². The minimum atomic E-state index is 1.01. The van der Waals surface area contributed by atoms with Gasteiger partial charge in [-0.2, -0.15) is 0 Å². The Bertz CT molecular complexity index is 1080. The predicted molar refractivity (Wildman–Crippen MR) is 114 cm³/mol. The zero-order valence-electron chi connectivity index (χ0n) is 14.9. The van der Waals surface area contributed by atoms with Gasteiger partial charge in [0.05, 0.1) is 11.4 Å². The van der Waals surface area contributed by atoms with Crippen LogP contribution in [0.1, 0.15) is 11.1 Å². The van der Waals surface area contributed by atoms with Crippen molar-refractivity contribution in [1.82, 2.24) is 0 Å². The van der Waals surface area contributed by atoms with Gasteiger partial charge in [0.2, 0.25) is 0 Å². The van der Waals surface area contributed by atoms with Crippen molar-refractivity contribution >= 4 is 11.4 Å².